The van der Waals surface area contributed by atoms with Gasteiger partial charge in [-0.15, -0.1) is 6.58 Å². The molecule has 33 heavy (non-hydrogen) atoms. The summed E-state index contributed by atoms with van der Waals surface area (Å²) < 4.78 is 12.3. The van der Waals surface area contributed by atoms with E-state index in [1.54, 1.807) is 4.90 Å². The lowest BCUT2D eigenvalue weighted by molar-refractivity contribution is -0.113. The van der Waals surface area contributed by atoms with Crippen molar-refractivity contribution < 1.29 is 14.3 Å². The fourth-order valence-electron chi connectivity index (χ4n) is 3.39. The van der Waals surface area contributed by atoms with Crippen molar-refractivity contribution in [1.82, 2.24) is 0 Å². The Hall–Kier alpha value is -3.35. The summed E-state index contributed by atoms with van der Waals surface area (Å²) in [5, 5.41) is 0. The summed E-state index contributed by atoms with van der Waals surface area (Å²) in [6, 6.07) is 25.0. The Labute approximate surface area is 203 Å². The van der Waals surface area contributed by atoms with Crippen molar-refractivity contribution in [2.24, 2.45) is 0 Å². The molecule has 1 fully saturated rings. The van der Waals surface area contributed by atoms with E-state index in [0.29, 0.717) is 28.2 Å². The number of allylic oxidation sites excluding steroid dienone is 1. The number of anilines is 1. The quantitative estimate of drug-likeness (QED) is 0.158. The van der Waals surface area contributed by atoms with Crippen LogP contribution in [0.3, 0.4) is 0 Å². The highest BCUT2D eigenvalue weighted by Crippen LogP contribution is 2.36. The Balaban J connectivity index is 1.37. The zero-order chi connectivity index (χ0) is 23.0. The monoisotopic (exact) mass is 473 g/mol. The van der Waals surface area contributed by atoms with Gasteiger partial charge in [0.2, 0.25) is 0 Å². The van der Waals surface area contributed by atoms with E-state index in [1.807, 2.05) is 91.0 Å². The van der Waals surface area contributed by atoms with Crippen LogP contribution < -0.4 is 14.4 Å². The summed E-state index contributed by atoms with van der Waals surface area (Å²) in [6.07, 6.45) is 4.46. The molecule has 0 bridgehead atoms. The van der Waals surface area contributed by atoms with Gasteiger partial charge in [0, 0.05) is 0 Å². The molecule has 0 aromatic heterocycles. The van der Waals surface area contributed by atoms with Crippen molar-refractivity contribution in [3.05, 3.63) is 108 Å². The number of carbonyl (C=O) groups excluding carboxylic acids is 1. The number of benzene rings is 3. The van der Waals surface area contributed by atoms with Crippen LogP contribution in [0.4, 0.5) is 5.69 Å². The van der Waals surface area contributed by atoms with Crippen molar-refractivity contribution in [2.45, 2.75) is 6.42 Å². The standard InChI is InChI=1S/C27H23NO3S2/c1-2-9-21-11-6-7-15-24(21)31-17-16-30-23-14-8-10-20(18-23)19-25-26(29)28(27(32)33-25)22-12-4-3-5-13-22/h2-8,10-15,18-19H,1,9,16-17H2. The van der Waals surface area contributed by atoms with Crippen molar-refractivity contribution in [3.8, 4) is 11.5 Å². The fourth-order valence-corrected chi connectivity index (χ4v) is 4.69. The highest BCUT2D eigenvalue weighted by Gasteiger charge is 2.33. The lowest BCUT2D eigenvalue weighted by Crippen LogP contribution is -2.27. The minimum atomic E-state index is -0.117. The van der Waals surface area contributed by atoms with Gasteiger partial charge in [-0.05, 0) is 54.0 Å². The summed E-state index contributed by atoms with van der Waals surface area (Å²) in [7, 11) is 0. The fraction of sp³-hybridized carbons (Fsp3) is 0.111. The van der Waals surface area contributed by atoms with Crippen molar-refractivity contribution >= 4 is 46.0 Å². The van der Waals surface area contributed by atoms with E-state index in [4.69, 9.17) is 21.7 Å². The van der Waals surface area contributed by atoms with E-state index in [-0.39, 0.29) is 5.91 Å². The van der Waals surface area contributed by atoms with Crippen LogP contribution in [-0.2, 0) is 11.2 Å². The van der Waals surface area contributed by atoms with Crippen LogP contribution in [0.25, 0.3) is 6.08 Å². The van der Waals surface area contributed by atoms with E-state index >= 15 is 0 Å². The first kappa shape index (κ1) is 22.8. The number of ether oxygens (including phenoxy) is 2. The van der Waals surface area contributed by atoms with Gasteiger partial charge in [-0.1, -0.05) is 78.6 Å². The van der Waals surface area contributed by atoms with E-state index < -0.39 is 0 Å². The van der Waals surface area contributed by atoms with Gasteiger partial charge in [0.1, 0.15) is 24.7 Å². The number of rotatable bonds is 9. The molecule has 0 aliphatic carbocycles. The molecule has 0 atom stereocenters. The second-order valence-corrected chi connectivity index (χ2v) is 8.90. The van der Waals surface area contributed by atoms with Crippen molar-refractivity contribution in [1.29, 1.82) is 0 Å². The van der Waals surface area contributed by atoms with Gasteiger partial charge in [0.15, 0.2) is 4.32 Å². The van der Waals surface area contributed by atoms with Crippen LogP contribution in [-0.4, -0.2) is 23.4 Å². The molecule has 0 spiro atoms. The van der Waals surface area contributed by atoms with Crippen LogP contribution in [0.15, 0.2) is 96.4 Å². The lowest BCUT2D eigenvalue weighted by atomic mass is 10.1. The number of para-hydroxylation sites is 2. The first-order valence-electron chi connectivity index (χ1n) is 10.5. The lowest BCUT2D eigenvalue weighted by Gasteiger charge is -2.13. The first-order valence-corrected chi connectivity index (χ1v) is 11.8. The Kier molecular flexibility index (Phi) is 7.60. The van der Waals surface area contributed by atoms with Gasteiger partial charge >= 0.3 is 0 Å². The average Bonchev–Trinajstić information content (AvgIpc) is 3.11. The van der Waals surface area contributed by atoms with E-state index in [9.17, 15) is 4.79 Å². The molecule has 1 aliphatic rings. The van der Waals surface area contributed by atoms with Gasteiger partial charge in [-0.2, -0.15) is 0 Å². The molecule has 1 amide bonds. The Bertz CT molecular complexity index is 1190. The number of hydrogen-bond donors (Lipinski definition) is 0. The number of thioether (sulfide) groups is 1. The third-order valence-electron chi connectivity index (χ3n) is 4.91. The topological polar surface area (TPSA) is 38.8 Å². The van der Waals surface area contributed by atoms with Crippen LogP contribution in [0.1, 0.15) is 11.1 Å². The minimum Gasteiger partial charge on any atom is -0.490 e. The average molecular weight is 474 g/mol. The highest BCUT2D eigenvalue weighted by molar-refractivity contribution is 8.27. The molecule has 0 N–H and O–H groups in total. The molecule has 0 saturated carbocycles. The summed E-state index contributed by atoms with van der Waals surface area (Å²) in [6.45, 7) is 4.62. The van der Waals surface area contributed by atoms with Crippen LogP contribution >= 0.6 is 24.0 Å². The van der Waals surface area contributed by atoms with E-state index in [0.717, 1.165) is 29.0 Å². The predicted molar refractivity (Wildman–Crippen MR) is 140 cm³/mol. The van der Waals surface area contributed by atoms with Gasteiger partial charge in [0.05, 0.1) is 10.6 Å². The number of nitrogens with zero attached hydrogens (tertiary/aromatic N) is 1. The van der Waals surface area contributed by atoms with Crippen molar-refractivity contribution in [2.75, 3.05) is 18.1 Å². The molecule has 1 aliphatic heterocycles. The maximum atomic E-state index is 12.9. The number of thiocarbonyl (C=S) groups is 1. The molecule has 166 valence electrons. The third kappa shape index (κ3) is 5.72. The number of carbonyl (C=O) groups is 1. The zero-order valence-electron chi connectivity index (χ0n) is 18.0. The molecule has 4 rings (SSSR count). The summed E-state index contributed by atoms with van der Waals surface area (Å²) in [5.74, 6) is 1.44. The predicted octanol–water partition coefficient (Wildman–Crippen LogP) is 6.28. The molecule has 0 radical (unpaired) electrons. The van der Waals surface area contributed by atoms with Crippen LogP contribution in [0.2, 0.25) is 0 Å². The smallest absolute Gasteiger partial charge is 0.270 e. The summed E-state index contributed by atoms with van der Waals surface area (Å²) in [4.78, 5) is 15.1. The maximum absolute atomic E-state index is 12.9. The second kappa shape index (κ2) is 11.0. The van der Waals surface area contributed by atoms with Crippen molar-refractivity contribution in [3.63, 3.8) is 0 Å². The zero-order valence-corrected chi connectivity index (χ0v) is 19.6. The molecule has 4 nitrogen and oxygen atoms in total. The Morgan fingerprint density at radius 2 is 1.70 bits per heavy atom. The van der Waals surface area contributed by atoms with Gasteiger partial charge in [0.25, 0.3) is 5.91 Å². The first-order chi connectivity index (χ1) is 16.2. The molecular weight excluding hydrogens is 450 g/mol. The summed E-state index contributed by atoms with van der Waals surface area (Å²) >= 11 is 6.74. The molecule has 1 saturated heterocycles. The van der Waals surface area contributed by atoms with E-state index in [2.05, 4.69) is 6.58 Å². The molecular formula is C27H23NO3S2. The molecule has 6 heteroatoms. The van der Waals surface area contributed by atoms with Gasteiger partial charge in [-0.25, -0.2) is 0 Å². The molecule has 3 aromatic carbocycles. The summed E-state index contributed by atoms with van der Waals surface area (Å²) in [5.41, 5.74) is 2.75. The normalized spacial score (nSPS) is 14.5. The largest absolute Gasteiger partial charge is 0.490 e. The Morgan fingerprint density at radius 1 is 0.939 bits per heavy atom. The molecule has 3 aromatic rings. The van der Waals surface area contributed by atoms with Crippen LogP contribution in [0.5, 0.6) is 11.5 Å². The molecule has 0 unspecified atom stereocenters. The third-order valence-corrected chi connectivity index (χ3v) is 6.21. The molecule has 1 heterocycles. The van der Waals surface area contributed by atoms with Gasteiger partial charge < -0.3 is 9.47 Å². The minimum absolute atomic E-state index is 0.117. The highest BCUT2D eigenvalue weighted by atomic mass is 32.2. The number of amides is 1. The van der Waals surface area contributed by atoms with Crippen LogP contribution in [0, 0.1) is 0 Å². The maximum Gasteiger partial charge on any atom is 0.270 e. The SMILES string of the molecule is C=CCc1ccccc1OCCOc1cccc(C=C2SC(=S)N(c3ccccc3)C2=O)c1. The van der Waals surface area contributed by atoms with E-state index in [1.165, 1.54) is 11.8 Å². The Morgan fingerprint density at radius 3 is 2.52 bits per heavy atom. The number of hydrogen-bond acceptors (Lipinski definition) is 5. The second-order valence-electron chi connectivity index (χ2n) is 7.22. The van der Waals surface area contributed by atoms with Gasteiger partial charge in [-0.3, -0.25) is 9.69 Å².